The normalized spacial score (nSPS) is 10.6. The number of halogens is 1. The third kappa shape index (κ3) is 7.46. The van der Waals surface area contributed by atoms with Crippen LogP contribution >= 0.6 is 24.0 Å². The van der Waals surface area contributed by atoms with Crippen molar-refractivity contribution >= 4 is 35.6 Å². The van der Waals surface area contributed by atoms with E-state index in [0.717, 1.165) is 36.6 Å². The summed E-state index contributed by atoms with van der Waals surface area (Å²) in [5, 5.41) is 6.55. The van der Waals surface area contributed by atoms with Gasteiger partial charge in [0.25, 0.3) is 0 Å². The number of aliphatic imine (C=N–C) groups is 1. The lowest BCUT2D eigenvalue weighted by Gasteiger charge is -2.14. The molecule has 28 heavy (non-hydrogen) atoms. The van der Waals surface area contributed by atoms with Crippen molar-refractivity contribution in [1.82, 2.24) is 5.32 Å². The molecule has 0 aromatic heterocycles. The van der Waals surface area contributed by atoms with E-state index in [1.54, 1.807) is 14.2 Å². The standard InChI is InChI=1S/C21H29N3O3.HI/c1-5-12-27-18-9-7-8-16(13-18)15-23-21(22-6-2)24-17-10-11-19(25-3)20(14-17)26-4;/h7-11,13-14H,5-6,12,15H2,1-4H3,(H2,22,23,24);1H. The van der Waals surface area contributed by atoms with Crippen molar-refractivity contribution in [3.05, 3.63) is 48.0 Å². The monoisotopic (exact) mass is 499 g/mol. The minimum atomic E-state index is 0. The van der Waals surface area contributed by atoms with Gasteiger partial charge in [-0.15, -0.1) is 24.0 Å². The van der Waals surface area contributed by atoms with Crippen LogP contribution in [0.25, 0.3) is 0 Å². The molecule has 2 N–H and O–H groups in total. The summed E-state index contributed by atoms with van der Waals surface area (Å²) >= 11 is 0. The van der Waals surface area contributed by atoms with Gasteiger partial charge in [-0.05, 0) is 43.2 Å². The van der Waals surface area contributed by atoms with Crippen molar-refractivity contribution < 1.29 is 14.2 Å². The molecule has 0 aliphatic rings. The number of anilines is 1. The zero-order chi connectivity index (χ0) is 19.5. The molecule has 0 radical (unpaired) electrons. The molecular weight excluding hydrogens is 469 g/mol. The highest BCUT2D eigenvalue weighted by atomic mass is 127. The molecule has 0 fully saturated rings. The van der Waals surface area contributed by atoms with Crippen LogP contribution in [0.2, 0.25) is 0 Å². The van der Waals surface area contributed by atoms with Crippen LogP contribution < -0.4 is 24.8 Å². The molecule has 2 rings (SSSR count). The number of rotatable bonds is 9. The number of nitrogens with zero attached hydrogens (tertiary/aromatic N) is 1. The summed E-state index contributed by atoms with van der Waals surface area (Å²) < 4.78 is 16.3. The van der Waals surface area contributed by atoms with Gasteiger partial charge in [-0.2, -0.15) is 0 Å². The van der Waals surface area contributed by atoms with Crippen molar-refractivity contribution in [3.63, 3.8) is 0 Å². The van der Waals surface area contributed by atoms with Gasteiger partial charge in [-0.1, -0.05) is 19.1 Å². The van der Waals surface area contributed by atoms with Crippen molar-refractivity contribution in [3.8, 4) is 17.2 Å². The van der Waals surface area contributed by atoms with Crippen LogP contribution in [0.3, 0.4) is 0 Å². The molecule has 0 bridgehead atoms. The molecule has 7 heteroatoms. The van der Waals surface area contributed by atoms with Gasteiger partial charge >= 0.3 is 0 Å². The lowest BCUT2D eigenvalue weighted by atomic mass is 10.2. The minimum absolute atomic E-state index is 0. The molecule has 0 aliphatic heterocycles. The predicted octanol–water partition coefficient (Wildman–Crippen LogP) is 4.69. The van der Waals surface area contributed by atoms with Gasteiger partial charge < -0.3 is 24.8 Å². The average Bonchev–Trinajstić information content (AvgIpc) is 2.70. The summed E-state index contributed by atoms with van der Waals surface area (Å²) in [6.07, 6.45) is 0.988. The van der Waals surface area contributed by atoms with Crippen LogP contribution in [0.5, 0.6) is 17.2 Å². The first kappa shape index (κ1) is 23.9. The van der Waals surface area contributed by atoms with E-state index in [1.807, 2.05) is 49.4 Å². The van der Waals surface area contributed by atoms with E-state index in [0.29, 0.717) is 24.0 Å². The molecule has 0 saturated carbocycles. The van der Waals surface area contributed by atoms with Gasteiger partial charge in [0.15, 0.2) is 17.5 Å². The molecule has 0 unspecified atom stereocenters. The first-order valence-electron chi connectivity index (χ1n) is 9.19. The SMILES string of the molecule is CCCOc1cccc(CN=C(NCC)Nc2ccc(OC)c(OC)c2)c1.I. The first-order chi connectivity index (χ1) is 13.2. The third-order valence-electron chi connectivity index (χ3n) is 3.78. The van der Waals surface area contributed by atoms with E-state index in [1.165, 1.54) is 0 Å². The van der Waals surface area contributed by atoms with E-state index in [2.05, 4.69) is 22.5 Å². The number of ether oxygens (including phenoxy) is 3. The van der Waals surface area contributed by atoms with Crippen molar-refractivity contribution in [1.29, 1.82) is 0 Å². The number of nitrogens with one attached hydrogen (secondary N) is 2. The maximum Gasteiger partial charge on any atom is 0.196 e. The Morgan fingerprint density at radius 2 is 1.79 bits per heavy atom. The van der Waals surface area contributed by atoms with Gasteiger partial charge in [0.2, 0.25) is 0 Å². The third-order valence-corrected chi connectivity index (χ3v) is 3.78. The molecule has 0 amide bonds. The highest BCUT2D eigenvalue weighted by Crippen LogP contribution is 2.29. The summed E-state index contributed by atoms with van der Waals surface area (Å²) in [6, 6.07) is 13.7. The van der Waals surface area contributed by atoms with Crippen LogP contribution in [-0.4, -0.2) is 33.3 Å². The van der Waals surface area contributed by atoms with Crippen LogP contribution in [-0.2, 0) is 6.54 Å². The number of methoxy groups -OCH3 is 2. The largest absolute Gasteiger partial charge is 0.494 e. The maximum atomic E-state index is 5.69. The molecule has 0 heterocycles. The summed E-state index contributed by atoms with van der Waals surface area (Å²) in [5.41, 5.74) is 1.96. The molecule has 6 nitrogen and oxygen atoms in total. The van der Waals surface area contributed by atoms with Gasteiger partial charge in [-0.3, -0.25) is 0 Å². The van der Waals surface area contributed by atoms with E-state index in [9.17, 15) is 0 Å². The molecular formula is C21H30IN3O3. The second-order valence-corrected chi connectivity index (χ2v) is 5.89. The van der Waals surface area contributed by atoms with Gasteiger partial charge in [-0.25, -0.2) is 4.99 Å². The smallest absolute Gasteiger partial charge is 0.196 e. The Labute approximate surface area is 184 Å². The van der Waals surface area contributed by atoms with Crippen LogP contribution in [0.4, 0.5) is 5.69 Å². The zero-order valence-corrected chi connectivity index (χ0v) is 19.3. The zero-order valence-electron chi connectivity index (χ0n) is 17.0. The summed E-state index contributed by atoms with van der Waals surface area (Å²) in [4.78, 5) is 4.67. The summed E-state index contributed by atoms with van der Waals surface area (Å²) in [5.74, 6) is 2.93. The van der Waals surface area contributed by atoms with Gasteiger partial charge in [0.1, 0.15) is 5.75 Å². The van der Waals surface area contributed by atoms with Gasteiger partial charge in [0.05, 0.1) is 27.4 Å². The quantitative estimate of drug-likeness (QED) is 0.298. The topological polar surface area (TPSA) is 64.1 Å². The molecule has 0 aliphatic carbocycles. The lowest BCUT2D eigenvalue weighted by Crippen LogP contribution is -2.30. The van der Waals surface area contributed by atoms with Crippen LogP contribution in [0.1, 0.15) is 25.8 Å². The highest BCUT2D eigenvalue weighted by Gasteiger charge is 2.06. The molecule has 0 spiro atoms. The Kier molecular flexibility index (Phi) is 11.2. The Morgan fingerprint density at radius 3 is 2.46 bits per heavy atom. The fourth-order valence-corrected chi connectivity index (χ4v) is 2.48. The van der Waals surface area contributed by atoms with E-state index >= 15 is 0 Å². The summed E-state index contributed by atoms with van der Waals surface area (Å²) in [6.45, 7) is 6.16. The maximum absolute atomic E-state index is 5.69. The van der Waals surface area contributed by atoms with E-state index in [4.69, 9.17) is 14.2 Å². The molecule has 0 saturated heterocycles. The fourth-order valence-electron chi connectivity index (χ4n) is 2.48. The second-order valence-electron chi connectivity index (χ2n) is 5.89. The van der Waals surface area contributed by atoms with Crippen LogP contribution in [0.15, 0.2) is 47.5 Å². The number of hydrogen-bond acceptors (Lipinski definition) is 4. The van der Waals surface area contributed by atoms with E-state index in [-0.39, 0.29) is 24.0 Å². The Bertz CT molecular complexity index is 753. The number of guanidine groups is 1. The Balaban J connectivity index is 0.00000392. The van der Waals surface area contributed by atoms with Crippen molar-refractivity contribution in [2.24, 2.45) is 4.99 Å². The number of hydrogen-bond donors (Lipinski definition) is 2. The lowest BCUT2D eigenvalue weighted by molar-refractivity contribution is 0.317. The van der Waals surface area contributed by atoms with Crippen molar-refractivity contribution in [2.75, 3.05) is 32.7 Å². The van der Waals surface area contributed by atoms with Crippen LogP contribution in [0, 0.1) is 0 Å². The molecule has 0 atom stereocenters. The Hall–Kier alpha value is -2.16. The minimum Gasteiger partial charge on any atom is -0.494 e. The first-order valence-corrected chi connectivity index (χ1v) is 9.19. The average molecular weight is 499 g/mol. The Morgan fingerprint density at radius 1 is 1.00 bits per heavy atom. The highest BCUT2D eigenvalue weighted by molar-refractivity contribution is 14.0. The summed E-state index contributed by atoms with van der Waals surface area (Å²) in [7, 11) is 3.24. The fraction of sp³-hybridized carbons (Fsp3) is 0.381. The van der Waals surface area contributed by atoms with E-state index < -0.39 is 0 Å². The van der Waals surface area contributed by atoms with Crippen molar-refractivity contribution in [2.45, 2.75) is 26.8 Å². The predicted molar refractivity (Wildman–Crippen MR) is 126 cm³/mol. The van der Waals surface area contributed by atoms with Gasteiger partial charge in [0, 0.05) is 18.3 Å². The second kappa shape index (κ2) is 13.1. The molecule has 2 aromatic rings. The molecule has 154 valence electrons. The number of benzene rings is 2. The molecule has 2 aromatic carbocycles.